The maximum absolute atomic E-state index is 14.9. The second kappa shape index (κ2) is 17.2. The largest absolute Gasteiger partial charge is 0.418 e. The molecule has 2 aromatic carbocycles. The Balaban J connectivity index is 1.52. The first-order valence-corrected chi connectivity index (χ1v) is 18.8. The number of aromatic nitrogens is 3. The highest BCUT2D eigenvalue weighted by Gasteiger charge is 2.47. The number of halogens is 4. The van der Waals surface area contributed by atoms with E-state index >= 15 is 0 Å². The van der Waals surface area contributed by atoms with Crippen molar-refractivity contribution in [1.29, 1.82) is 0 Å². The molecule has 1 aliphatic rings. The van der Waals surface area contributed by atoms with Crippen molar-refractivity contribution < 1.29 is 41.2 Å². The number of rotatable bonds is 16. The maximum atomic E-state index is 14.9. The van der Waals surface area contributed by atoms with Crippen molar-refractivity contribution in [1.82, 2.24) is 25.8 Å². The lowest BCUT2D eigenvalue weighted by atomic mass is 9.72. The summed E-state index contributed by atoms with van der Waals surface area (Å²) >= 11 is 0. The Morgan fingerprint density at radius 2 is 1.69 bits per heavy atom. The lowest BCUT2D eigenvalue weighted by Gasteiger charge is -2.39. The summed E-state index contributed by atoms with van der Waals surface area (Å²) < 4.78 is 62.5. The van der Waals surface area contributed by atoms with E-state index in [2.05, 4.69) is 31.1 Å². The average molecular weight is 769 g/mol. The van der Waals surface area contributed by atoms with Crippen LogP contribution in [0.25, 0.3) is 10.9 Å². The van der Waals surface area contributed by atoms with E-state index in [0.29, 0.717) is 36.0 Å². The number of ketones is 2. The van der Waals surface area contributed by atoms with Gasteiger partial charge in [-0.1, -0.05) is 76.0 Å². The molecule has 0 fully saturated rings. The van der Waals surface area contributed by atoms with E-state index in [0.717, 1.165) is 6.07 Å². The number of benzene rings is 2. The molecule has 2 unspecified atom stereocenters. The molecule has 2 aromatic heterocycles. The number of aryl methyl sites for hydroxylation is 1. The fourth-order valence-corrected chi connectivity index (χ4v) is 7.41. The SMILES string of the molecule is CCNC(=O)Nc1nnc([C@@H](CC(=O)[C@]2(NC(=O)[C@@H](CC(=O)Cc3ccccc3F)C(C)CC)CCc3[nH]c4c(C(F)(F)F)cccc4c3C2)C(C)CC)o1. The van der Waals surface area contributed by atoms with E-state index in [4.69, 9.17) is 4.42 Å². The molecule has 296 valence electrons. The molecule has 3 amide bonds. The van der Waals surface area contributed by atoms with Gasteiger partial charge in [0.1, 0.15) is 17.1 Å². The Labute approximate surface area is 316 Å². The molecule has 0 spiro atoms. The maximum Gasteiger partial charge on any atom is 0.418 e. The number of amides is 3. The molecule has 55 heavy (non-hydrogen) atoms. The number of H-pyrrole nitrogens is 1. The quantitative estimate of drug-likeness (QED) is 0.0846. The number of aromatic amines is 1. The molecule has 5 rings (SSSR count). The number of urea groups is 1. The summed E-state index contributed by atoms with van der Waals surface area (Å²) in [6.45, 7) is 9.63. The predicted molar refractivity (Wildman–Crippen MR) is 198 cm³/mol. The number of nitrogens with zero attached hydrogens (tertiary/aromatic N) is 2. The molecule has 2 heterocycles. The van der Waals surface area contributed by atoms with Crippen LogP contribution in [-0.4, -0.2) is 50.8 Å². The first-order valence-electron chi connectivity index (χ1n) is 18.8. The molecule has 1 aliphatic carbocycles. The summed E-state index contributed by atoms with van der Waals surface area (Å²) in [5.41, 5.74) is -1.28. The van der Waals surface area contributed by atoms with E-state index < -0.39 is 52.7 Å². The third-order valence-corrected chi connectivity index (χ3v) is 11.0. The number of carbonyl (C=O) groups excluding carboxylic acids is 4. The van der Waals surface area contributed by atoms with Crippen molar-refractivity contribution in [2.75, 3.05) is 11.9 Å². The zero-order chi connectivity index (χ0) is 40.1. The van der Waals surface area contributed by atoms with Crippen LogP contribution in [0.4, 0.5) is 28.4 Å². The van der Waals surface area contributed by atoms with Gasteiger partial charge in [-0.05, 0) is 54.9 Å². The molecule has 4 N–H and O–H groups in total. The first kappa shape index (κ1) is 41.1. The zero-order valence-corrected chi connectivity index (χ0v) is 31.7. The van der Waals surface area contributed by atoms with Gasteiger partial charge in [-0.25, -0.2) is 9.18 Å². The van der Waals surface area contributed by atoms with Crippen LogP contribution in [0.2, 0.25) is 0 Å². The van der Waals surface area contributed by atoms with Crippen LogP contribution < -0.4 is 16.0 Å². The van der Waals surface area contributed by atoms with Gasteiger partial charge in [0.25, 0.3) is 0 Å². The number of fused-ring (bicyclic) bond motifs is 3. The van der Waals surface area contributed by atoms with Crippen LogP contribution in [0.3, 0.4) is 0 Å². The third-order valence-electron chi connectivity index (χ3n) is 11.0. The number of hydrogen-bond acceptors (Lipinski definition) is 7. The van der Waals surface area contributed by atoms with E-state index in [1.54, 1.807) is 19.1 Å². The van der Waals surface area contributed by atoms with Gasteiger partial charge in [0.15, 0.2) is 5.78 Å². The molecular formula is C40H48F4N6O5. The highest BCUT2D eigenvalue weighted by Crippen LogP contribution is 2.42. The molecule has 0 bridgehead atoms. The summed E-state index contributed by atoms with van der Waals surface area (Å²) in [4.78, 5) is 57.8. The summed E-state index contributed by atoms with van der Waals surface area (Å²) in [7, 11) is 0. The van der Waals surface area contributed by atoms with Crippen molar-refractivity contribution >= 4 is 40.4 Å². The van der Waals surface area contributed by atoms with Crippen molar-refractivity contribution in [2.24, 2.45) is 17.8 Å². The van der Waals surface area contributed by atoms with Crippen molar-refractivity contribution in [3.63, 3.8) is 0 Å². The normalized spacial score (nSPS) is 17.8. The summed E-state index contributed by atoms with van der Waals surface area (Å²) in [5.74, 6) is -3.72. The van der Waals surface area contributed by atoms with E-state index in [1.165, 1.54) is 24.3 Å². The molecule has 0 aliphatic heterocycles. The van der Waals surface area contributed by atoms with Gasteiger partial charge >= 0.3 is 18.2 Å². The fourth-order valence-electron chi connectivity index (χ4n) is 7.41. The van der Waals surface area contributed by atoms with Crippen LogP contribution in [0.5, 0.6) is 0 Å². The second-order valence-corrected chi connectivity index (χ2v) is 14.6. The lowest BCUT2D eigenvalue weighted by Crippen LogP contribution is -2.59. The van der Waals surface area contributed by atoms with Gasteiger partial charge in [-0.15, -0.1) is 5.10 Å². The molecule has 11 nitrogen and oxygen atoms in total. The number of alkyl halides is 3. The summed E-state index contributed by atoms with van der Waals surface area (Å²) in [5, 5.41) is 16.5. The Bertz CT molecular complexity index is 2030. The number of nitrogens with one attached hydrogen (secondary N) is 4. The molecular weight excluding hydrogens is 720 g/mol. The molecule has 0 saturated heterocycles. The van der Waals surface area contributed by atoms with Crippen LogP contribution in [0, 0.1) is 23.6 Å². The highest BCUT2D eigenvalue weighted by atomic mass is 19.4. The molecule has 15 heteroatoms. The number of hydrogen-bond donors (Lipinski definition) is 4. The topological polar surface area (TPSA) is 159 Å². The van der Waals surface area contributed by atoms with Gasteiger partial charge < -0.3 is 20.0 Å². The number of carbonyl (C=O) groups is 4. The van der Waals surface area contributed by atoms with Gasteiger partial charge in [-0.2, -0.15) is 13.2 Å². The zero-order valence-electron chi connectivity index (χ0n) is 31.7. The summed E-state index contributed by atoms with van der Waals surface area (Å²) in [6, 6.07) is 9.09. The first-order chi connectivity index (χ1) is 26.1. The monoisotopic (exact) mass is 768 g/mol. The Hall–Kier alpha value is -5.08. The van der Waals surface area contributed by atoms with Crippen LogP contribution in [0.1, 0.15) is 101 Å². The van der Waals surface area contributed by atoms with Gasteiger partial charge in [0, 0.05) is 55.1 Å². The number of Topliss-reactive ketones (excluding diaryl/α,β-unsaturated/α-hetero) is 2. The Morgan fingerprint density at radius 3 is 2.36 bits per heavy atom. The van der Waals surface area contributed by atoms with Crippen LogP contribution in [-0.2, 0) is 39.8 Å². The van der Waals surface area contributed by atoms with Gasteiger partial charge in [0.2, 0.25) is 11.8 Å². The van der Waals surface area contributed by atoms with Crippen LogP contribution in [0.15, 0.2) is 46.9 Å². The molecule has 5 atom stereocenters. The van der Waals surface area contributed by atoms with Crippen molar-refractivity contribution in [3.8, 4) is 0 Å². The molecule has 4 aromatic rings. The second-order valence-electron chi connectivity index (χ2n) is 14.6. The number of para-hydroxylation sites is 1. The fraction of sp³-hybridized carbons (Fsp3) is 0.500. The molecule has 0 radical (unpaired) electrons. The van der Waals surface area contributed by atoms with E-state index in [-0.39, 0.29) is 79.1 Å². The Kier molecular flexibility index (Phi) is 12.8. The average Bonchev–Trinajstić information content (AvgIpc) is 3.76. The summed E-state index contributed by atoms with van der Waals surface area (Å²) in [6.07, 6.45) is -3.98. The number of anilines is 1. The smallest absolute Gasteiger partial charge is 0.407 e. The van der Waals surface area contributed by atoms with Gasteiger partial charge in [0.05, 0.1) is 11.1 Å². The lowest BCUT2D eigenvalue weighted by molar-refractivity contribution is -0.137. The minimum absolute atomic E-state index is 0.0657. The van der Waals surface area contributed by atoms with Crippen molar-refractivity contribution in [3.05, 3.63) is 76.6 Å². The minimum Gasteiger partial charge on any atom is -0.407 e. The Morgan fingerprint density at radius 1 is 0.964 bits per heavy atom. The minimum atomic E-state index is -4.63. The third kappa shape index (κ3) is 9.25. The standard InChI is InChI=1S/C40H48F4N6O5/c1-6-22(4)27(19-25(51)18-24-12-9-10-15-31(24)41)35(53)48-39(17-16-32-29(21-39)26-13-11-14-30(34(26)46-32)40(42,43)44)33(52)20-28(23(5)7-2)36-49-50-38(55-36)47-37(54)45-8-3/h9-15,22-23,27-28,46H,6-8,16-21H2,1-5H3,(H,48,53)(H2,45,47,50,54)/t22?,23?,27-,28-,39-/m0/s1. The predicted octanol–water partition coefficient (Wildman–Crippen LogP) is 7.85. The van der Waals surface area contributed by atoms with Crippen molar-refractivity contribution in [2.45, 2.75) is 104 Å². The molecule has 0 saturated carbocycles. The van der Waals surface area contributed by atoms with Gasteiger partial charge in [-0.3, -0.25) is 19.7 Å². The highest BCUT2D eigenvalue weighted by molar-refractivity contribution is 5.97. The van der Waals surface area contributed by atoms with E-state index in [1.807, 2.05) is 27.7 Å². The van der Waals surface area contributed by atoms with Crippen LogP contribution >= 0.6 is 0 Å². The van der Waals surface area contributed by atoms with E-state index in [9.17, 15) is 36.7 Å².